The zero-order valence-electron chi connectivity index (χ0n) is 14.6. The van der Waals surface area contributed by atoms with Crippen LogP contribution in [0.15, 0.2) is 52.5 Å². The summed E-state index contributed by atoms with van der Waals surface area (Å²) in [7, 11) is 0. The van der Waals surface area contributed by atoms with Crippen LogP contribution < -0.4 is 20.7 Å². The van der Waals surface area contributed by atoms with Crippen LogP contribution in [0.5, 0.6) is 5.75 Å². The Morgan fingerprint density at radius 2 is 1.79 bits per heavy atom. The van der Waals surface area contributed by atoms with Crippen molar-refractivity contribution in [3.05, 3.63) is 63.9 Å². The summed E-state index contributed by atoms with van der Waals surface area (Å²) in [6.07, 6.45) is 1.34. The Balaban J connectivity index is 1.75. The molecule has 1 aliphatic rings. The lowest BCUT2D eigenvalue weighted by Crippen LogP contribution is -2.51. The molecule has 10 heteroatoms. The second-order valence-electron chi connectivity index (χ2n) is 5.82. The molecule has 0 spiro atoms. The van der Waals surface area contributed by atoms with E-state index >= 15 is 0 Å². The van der Waals surface area contributed by atoms with Gasteiger partial charge < -0.3 is 10.1 Å². The van der Waals surface area contributed by atoms with Gasteiger partial charge in [0.25, 0.3) is 17.7 Å². The molecule has 148 valence electrons. The van der Waals surface area contributed by atoms with Gasteiger partial charge in [0.1, 0.15) is 17.1 Å². The average Bonchev–Trinajstić information content (AvgIpc) is 2.66. The number of nitrogens with one attached hydrogen (secondary N) is 3. The monoisotopic (exact) mass is 477 g/mol. The van der Waals surface area contributed by atoms with Gasteiger partial charge in [0.15, 0.2) is 11.7 Å². The number of ether oxygens (including phenoxy) is 1. The third-order valence-corrected chi connectivity index (χ3v) is 4.40. The Morgan fingerprint density at radius 1 is 1.14 bits per heavy atom. The van der Waals surface area contributed by atoms with Gasteiger partial charge in [-0.25, -0.2) is 4.39 Å². The standard InChI is InChI=1S/C19H13BrFN3O4S/c20-11-1-6-15(28-9-16(25)22-13-4-2-12(21)3-5-13)10(7-11)8-14-17(26)23-19(29)24-18(14)27/h1-8H,9H2,(H,22,25)(H2,23,24,26,27,29). The number of thiocarbonyl (C=S) groups is 1. The fraction of sp³-hybridized carbons (Fsp3) is 0.0526. The van der Waals surface area contributed by atoms with Crippen molar-refractivity contribution in [3.63, 3.8) is 0 Å². The van der Waals surface area contributed by atoms with E-state index in [0.29, 0.717) is 15.7 Å². The Labute approximate surface area is 178 Å². The molecular weight excluding hydrogens is 465 g/mol. The lowest BCUT2D eigenvalue weighted by atomic mass is 10.1. The lowest BCUT2D eigenvalue weighted by Gasteiger charge is -2.17. The highest BCUT2D eigenvalue weighted by Gasteiger charge is 2.26. The van der Waals surface area contributed by atoms with Gasteiger partial charge in [0.05, 0.1) is 0 Å². The molecular formula is C19H13BrFN3O4S. The highest BCUT2D eigenvalue weighted by atomic mass is 79.9. The molecule has 0 radical (unpaired) electrons. The average molecular weight is 478 g/mol. The van der Waals surface area contributed by atoms with E-state index in [-0.39, 0.29) is 23.0 Å². The maximum absolute atomic E-state index is 12.9. The van der Waals surface area contributed by atoms with Crippen LogP contribution in [0.3, 0.4) is 0 Å². The zero-order valence-corrected chi connectivity index (χ0v) is 17.0. The molecule has 1 fully saturated rings. The number of carbonyl (C=O) groups excluding carboxylic acids is 3. The summed E-state index contributed by atoms with van der Waals surface area (Å²) in [6.45, 7) is -0.336. The topological polar surface area (TPSA) is 96.5 Å². The number of carbonyl (C=O) groups is 3. The van der Waals surface area contributed by atoms with Gasteiger partial charge in [-0.15, -0.1) is 0 Å². The third-order valence-electron chi connectivity index (χ3n) is 3.70. The Morgan fingerprint density at radius 3 is 2.45 bits per heavy atom. The maximum atomic E-state index is 12.9. The molecule has 1 aliphatic heterocycles. The first-order chi connectivity index (χ1) is 13.8. The molecule has 1 heterocycles. The van der Waals surface area contributed by atoms with Gasteiger partial charge in [0.2, 0.25) is 0 Å². The summed E-state index contributed by atoms with van der Waals surface area (Å²) in [5, 5.41) is 7.19. The minimum absolute atomic E-state index is 0.0691. The van der Waals surface area contributed by atoms with Gasteiger partial charge in [0, 0.05) is 15.7 Å². The first kappa shape index (κ1) is 20.6. The second-order valence-corrected chi connectivity index (χ2v) is 7.15. The van der Waals surface area contributed by atoms with Crippen LogP contribution >= 0.6 is 28.1 Å². The van der Waals surface area contributed by atoms with Crippen LogP contribution in [0.4, 0.5) is 10.1 Å². The largest absolute Gasteiger partial charge is 0.483 e. The van der Waals surface area contributed by atoms with E-state index in [2.05, 4.69) is 31.9 Å². The minimum Gasteiger partial charge on any atom is -0.483 e. The molecule has 0 unspecified atom stereocenters. The molecule has 0 aromatic heterocycles. The summed E-state index contributed by atoms with van der Waals surface area (Å²) in [4.78, 5) is 36.2. The predicted octanol–water partition coefficient (Wildman–Crippen LogP) is 2.52. The number of anilines is 1. The van der Waals surface area contributed by atoms with Gasteiger partial charge in [-0.1, -0.05) is 15.9 Å². The minimum atomic E-state index is -0.640. The fourth-order valence-corrected chi connectivity index (χ4v) is 2.96. The van der Waals surface area contributed by atoms with Crippen LogP contribution in [0.25, 0.3) is 6.08 Å². The fourth-order valence-electron chi connectivity index (χ4n) is 2.40. The molecule has 2 aromatic rings. The van der Waals surface area contributed by atoms with Gasteiger partial charge in [-0.05, 0) is 60.8 Å². The lowest BCUT2D eigenvalue weighted by molar-refractivity contribution is -0.123. The van der Waals surface area contributed by atoms with Crippen molar-refractivity contribution in [1.82, 2.24) is 10.6 Å². The van der Waals surface area contributed by atoms with Crippen LogP contribution in [-0.4, -0.2) is 29.4 Å². The van der Waals surface area contributed by atoms with Crippen LogP contribution in [0.1, 0.15) is 5.56 Å². The zero-order chi connectivity index (χ0) is 21.0. The van der Waals surface area contributed by atoms with Crippen LogP contribution in [0, 0.1) is 5.82 Å². The first-order valence-electron chi connectivity index (χ1n) is 8.18. The molecule has 29 heavy (non-hydrogen) atoms. The molecule has 0 atom stereocenters. The van der Waals surface area contributed by atoms with E-state index in [1.165, 1.54) is 30.3 Å². The number of rotatable bonds is 5. The molecule has 3 N–H and O–H groups in total. The quantitative estimate of drug-likeness (QED) is 0.349. The number of hydrogen-bond acceptors (Lipinski definition) is 5. The van der Waals surface area contributed by atoms with E-state index in [1.54, 1.807) is 18.2 Å². The predicted molar refractivity (Wildman–Crippen MR) is 112 cm³/mol. The van der Waals surface area contributed by atoms with Gasteiger partial charge in [-0.3, -0.25) is 25.0 Å². The van der Waals surface area contributed by atoms with Crippen LogP contribution in [-0.2, 0) is 14.4 Å². The highest BCUT2D eigenvalue weighted by molar-refractivity contribution is 9.10. The summed E-state index contributed by atoms with van der Waals surface area (Å²) in [5.41, 5.74) is 0.670. The van der Waals surface area contributed by atoms with Crippen molar-refractivity contribution in [2.45, 2.75) is 0 Å². The van der Waals surface area contributed by atoms with Crippen molar-refractivity contribution in [3.8, 4) is 5.75 Å². The molecule has 0 bridgehead atoms. The maximum Gasteiger partial charge on any atom is 0.263 e. The molecule has 1 saturated heterocycles. The molecule has 3 rings (SSSR count). The highest BCUT2D eigenvalue weighted by Crippen LogP contribution is 2.26. The Bertz CT molecular complexity index is 1020. The summed E-state index contributed by atoms with van der Waals surface area (Å²) >= 11 is 8.08. The molecule has 0 saturated carbocycles. The number of amides is 3. The number of halogens is 2. The SMILES string of the molecule is O=C(COc1ccc(Br)cc1C=C1C(=O)NC(=S)NC1=O)Nc1ccc(F)cc1. The van der Waals surface area contributed by atoms with E-state index in [9.17, 15) is 18.8 Å². The van der Waals surface area contributed by atoms with Crippen molar-refractivity contribution in [2.24, 2.45) is 0 Å². The van der Waals surface area contributed by atoms with Gasteiger partial charge >= 0.3 is 0 Å². The van der Waals surface area contributed by atoms with Gasteiger partial charge in [-0.2, -0.15) is 0 Å². The Hall–Kier alpha value is -3.11. The molecule has 7 nitrogen and oxygen atoms in total. The molecule has 0 aliphatic carbocycles. The summed E-state index contributed by atoms with van der Waals surface area (Å²) < 4.78 is 19.2. The van der Waals surface area contributed by atoms with Crippen molar-refractivity contribution < 1.29 is 23.5 Å². The molecule has 3 amide bonds. The van der Waals surface area contributed by atoms with Crippen molar-refractivity contribution in [1.29, 1.82) is 0 Å². The summed E-state index contributed by atoms with van der Waals surface area (Å²) in [5.74, 6) is -1.87. The van der Waals surface area contributed by atoms with Crippen molar-refractivity contribution in [2.75, 3.05) is 11.9 Å². The van der Waals surface area contributed by atoms with E-state index in [4.69, 9.17) is 17.0 Å². The normalized spacial score (nSPS) is 13.4. The van der Waals surface area contributed by atoms with E-state index in [0.717, 1.165) is 0 Å². The smallest absolute Gasteiger partial charge is 0.263 e. The van der Waals surface area contributed by atoms with E-state index < -0.39 is 23.5 Å². The number of hydrogen-bond donors (Lipinski definition) is 3. The summed E-state index contributed by atoms with van der Waals surface area (Å²) in [6, 6.07) is 10.2. The first-order valence-corrected chi connectivity index (χ1v) is 9.38. The molecule has 2 aromatic carbocycles. The second kappa shape index (κ2) is 8.93. The number of benzene rings is 2. The van der Waals surface area contributed by atoms with Crippen LogP contribution in [0.2, 0.25) is 0 Å². The van der Waals surface area contributed by atoms with E-state index in [1.807, 2.05) is 0 Å². The third kappa shape index (κ3) is 5.46. The van der Waals surface area contributed by atoms with Crippen molar-refractivity contribution >= 4 is 62.7 Å². The Kier molecular flexibility index (Phi) is 6.35.